The van der Waals surface area contributed by atoms with Crippen LogP contribution in [0.15, 0.2) is 4.47 Å². The van der Waals surface area contributed by atoms with Gasteiger partial charge in [0, 0.05) is 12.6 Å². The Morgan fingerprint density at radius 3 is 2.63 bits per heavy atom. The molecule has 4 heteroatoms. The van der Waals surface area contributed by atoms with Gasteiger partial charge in [-0.3, -0.25) is 4.68 Å². The number of aromatic nitrogens is 2. The Bertz CT molecular complexity index is 435. The monoisotopic (exact) mass is 327 g/mol. The number of halogens is 1. The predicted octanol–water partition coefficient (Wildman–Crippen LogP) is 3.68. The molecule has 3 nitrogen and oxygen atoms in total. The molecule has 2 rings (SSSR count). The zero-order valence-electron chi connectivity index (χ0n) is 12.6. The Kier molecular flexibility index (Phi) is 4.72. The van der Waals surface area contributed by atoms with Crippen LogP contribution in [0.2, 0.25) is 0 Å². The summed E-state index contributed by atoms with van der Waals surface area (Å²) in [7, 11) is 0. The average molecular weight is 328 g/mol. The molecule has 1 aromatic heterocycles. The van der Waals surface area contributed by atoms with Gasteiger partial charge in [-0.15, -0.1) is 0 Å². The van der Waals surface area contributed by atoms with Gasteiger partial charge in [0.2, 0.25) is 0 Å². The van der Waals surface area contributed by atoms with Gasteiger partial charge < -0.3 is 5.32 Å². The standard InChI is InChI=1S/C15H26BrN3/c1-5-9-17-12(4)15(7-8-15)10-13-14(16)11(3)18-19(13)6-2/h12,17H,5-10H2,1-4H3. The first-order chi connectivity index (χ1) is 9.04. The van der Waals surface area contributed by atoms with Crippen molar-refractivity contribution < 1.29 is 0 Å². The molecular weight excluding hydrogens is 302 g/mol. The summed E-state index contributed by atoms with van der Waals surface area (Å²) in [5.74, 6) is 0. The van der Waals surface area contributed by atoms with Crippen molar-refractivity contribution in [3.63, 3.8) is 0 Å². The predicted molar refractivity (Wildman–Crippen MR) is 83.5 cm³/mol. The SMILES string of the molecule is CCCNC(C)C1(Cc2c(Br)c(C)nn2CC)CC1. The third kappa shape index (κ3) is 3.05. The molecule has 1 atom stereocenters. The molecule has 19 heavy (non-hydrogen) atoms. The third-order valence-corrected chi connectivity index (χ3v) is 5.52. The molecular formula is C15H26BrN3. The second kappa shape index (κ2) is 5.96. The van der Waals surface area contributed by atoms with Gasteiger partial charge in [0.1, 0.15) is 0 Å². The molecule has 0 saturated heterocycles. The zero-order chi connectivity index (χ0) is 14.0. The molecule has 0 spiro atoms. The van der Waals surface area contributed by atoms with Crippen LogP contribution in [-0.2, 0) is 13.0 Å². The van der Waals surface area contributed by atoms with Gasteiger partial charge >= 0.3 is 0 Å². The van der Waals surface area contributed by atoms with E-state index >= 15 is 0 Å². The van der Waals surface area contributed by atoms with Gasteiger partial charge in [-0.25, -0.2) is 0 Å². The van der Waals surface area contributed by atoms with E-state index in [1.54, 1.807) is 0 Å². The summed E-state index contributed by atoms with van der Waals surface area (Å²) >= 11 is 3.72. The number of nitrogens with one attached hydrogen (secondary N) is 1. The van der Waals surface area contributed by atoms with Crippen molar-refractivity contribution in [1.29, 1.82) is 0 Å². The van der Waals surface area contributed by atoms with E-state index in [9.17, 15) is 0 Å². The zero-order valence-corrected chi connectivity index (χ0v) is 14.2. The van der Waals surface area contributed by atoms with E-state index in [1.165, 1.54) is 29.4 Å². The fourth-order valence-corrected chi connectivity index (χ4v) is 3.30. The molecule has 1 aromatic rings. The van der Waals surface area contributed by atoms with E-state index < -0.39 is 0 Å². The first-order valence-corrected chi connectivity index (χ1v) is 8.28. The normalized spacial score (nSPS) is 18.6. The highest BCUT2D eigenvalue weighted by molar-refractivity contribution is 9.10. The Morgan fingerprint density at radius 1 is 1.42 bits per heavy atom. The molecule has 1 saturated carbocycles. The number of aryl methyl sites for hydroxylation is 2. The molecule has 1 aliphatic carbocycles. The quantitative estimate of drug-likeness (QED) is 0.827. The smallest absolute Gasteiger partial charge is 0.0738 e. The molecule has 0 aromatic carbocycles. The maximum Gasteiger partial charge on any atom is 0.0738 e. The van der Waals surface area contributed by atoms with E-state index in [-0.39, 0.29) is 0 Å². The van der Waals surface area contributed by atoms with E-state index in [0.717, 1.165) is 25.2 Å². The van der Waals surface area contributed by atoms with Crippen molar-refractivity contribution in [2.24, 2.45) is 5.41 Å². The lowest BCUT2D eigenvalue weighted by molar-refractivity contribution is 0.341. The minimum atomic E-state index is 0.455. The molecule has 0 aliphatic heterocycles. The number of hydrogen-bond donors (Lipinski definition) is 1. The largest absolute Gasteiger partial charge is 0.314 e. The van der Waals surface area contributed by atoms with Crippen molar-refractivity contribution >= 4 is 15.9 Å². The van der Waals surface area contributed by atoms with E-state index in [0.29, 0.717) is 11.5 Å². The Balaban J connectivity index is 2.12. The lowest BCUT2D eigenvalue weighted by Gasteiger charge is -2.25. The van der Waals surface area contributed by atoms with Crippen molar-refractivity contribution in [3.05, 3.63) is 15.9 Å². The first-order valence-electron chi connectivity index (χ1n) is 7.49. The summed E-state index contributed by atoms with van der Waals surface area (Å²) in [4.78, 5) is 0. The molecule has 1 N–H and O–H groups in total. The topological polar surface area (TPSA) is 29.9 Å². The summed E-state index contributed by atoms with van der Waals surface area (Å²) in [6.45, 7) is 10.9. The van der Waals surface area contributed by atoms with Crippen molar-refractivity contribution in [2.45, 2.75) is 66.0 Å². The van der Waals surface area contributed by atoms with Crippen LogP contribution in [0, 0.1) is 12.3 Å². The maximum absolute atomic E-state index is 4.61. The maximum atomic E-state index is 4.61. The number of nitrogens with zero attached hydrogens (tertiary/aromatic N) is 2. The van der Waals surface area contributed by atoms with Crippen LogP contribution < -0.4 is 5.32 Å². The van der Waals surface area contributed by atoms with Gasteiger partial charge in [-0.2, -0.15) is 5.10 Å². The van der Waals surface area contributed by atoms with Crippen LogP contribution in [-0.4, -0.2) is 22.4 Å². The summed E-state index contributed by atoms with van der Waals surface area (Å²) in [5.41, 5.74) is 2.95. The minimum absolute atomic E-state index is 0.455. The minimum Gasteiger partial charge on any atom is -0.314 e. The molecule has 0 amide bonds. The van der Waals surface area contributed by atoms with Gasteiger partial charge in [0.25, 0.3) is 0 Å². The van der Waals surface area contributed by atoms with Gasteiger partial charge in [0.05, 0.1) is 15.9 Å². The highest BCUT2D eigenvalue weighted by Gasteiger charge is 2.47. The number of hydrogen-bond acceptors (Lipinski definition) is 2. The van der Waals surface area contributed by atoms with E-state index in [4.69, 9.17) is 0 Å². The lowest BCUT2D eigenvalue weighted by atomic mass is 9.92. The summed E-state index contributed by atoms with van der Waals surface area (Å²) < 4.78 is 3.37. The van der Waals surface area contributed by atoms with Crippen molar-refractivity contribution in [2.75, 3.05) is 6.54 Å². The van der Waals surface area contributed by atoms with Gasteiger partial charge in [-0.1, -0.05) is 6.92 Å². The highest BCUT2D eigenvalue weighted by Crippen LogP contribution is 2.52. The average Bonchev–Trinajstić information content (AvgIpc) is 3.14. The second-order valence-electron chi connectivity index (χ2n) is 5.88. The molecule has 108 valence electrons. The Hall–Kier alpha value is -0.350. The Labute approximate surface area is 125 Å². The summed E-state index contributed by atoms with van der Waals surface area (Å²) in [5, 5.41) is 8.29. The molecule has 1 fully saturated rings. The van der Waals surface area contributed by atoms with E-state index in [2.05, 4.69) is 58.7 Å². The molecule has 1 heterocycles. The third-order valence-electron chi connectivity index (χ3n) is 4.48. The van der Waals surface area contributed by atoms with Crippen LogP contribution in [0.4, 0.5) is 0 Å². The van der Waals surface area contributed by atoms with Crippen LogP contribution in [0.25, 0.3) is 0 Å². The fraction of sp³-hybridized carbons (Fsp3) is 0.800. The molecule has 0 radical (unpaired) electrons. The Morgan fingerprint density at radius 2 is 2.11 bits per heavy atom. The van der Waals surface area contributed by atoms with Gasteiger partial charge in [0.15, 0.2) is 0 Å². The van der Waals surface area contributed by atoms with Crippen LogP contribution in [0.3, 0.4) is 0 Å². The summed E-state index contributed by atoms with van der Waals surface area (Å²) in [6.07, 6.45) is 5.02. The first kappa shape index (κ1) is 15.0. The van der Waals surface area contributed by atoms with Crippen molar-refractivity contribution in [1.82, 2.24) is 15.1 Å². The molecule has 1 unspecified atom stereocenters. The van der Waals surface area contributed by atoms with Crippen LogP contribution in [0.1, 0.15) is 51.4 Å². The summed E-state index contributed by atoms with van der Waals surface area (Å²) in [6, 6.07) is 0.597. The van der Waals surface area contributed by atoms with E-state index in [1.807, 2.05) is 0 Å². The van der Waals surface area contributed by atoms with Crippen LogP contribution in [0.5, 0.6) is 0 Å². The fourth-order valence-electron chi connectivity index (χ4n) is 2.87. The molecule has 0 bridgehead atoms. The molecule has 1 aliphatic rings. The van der Waals surface area contributed by atoms with Gasteiger partial charge in [-0.05, 0) is 74.3 Å². The van der Waals surface area contributed by atoms with Crippen molar-refractivity contribution in [3.8, 4) is 0 Å². The lowest BCUT2D eigenvalue weighted by Crippen LogP contribution is -2.37. The second-order valence-corrected chi connectivity index (χ2v) is 6.67. The van der Waals surface area contributed by atoms with Crippen LogP contribution >= 0.6 is 15.9 Å². The number of rotatable bonds is 7. The highest BCUT2D eigenvalue weighted by atomic mass is 79.9.